The van der Waals surface area contributed by atoms with Gasteiger partial charge in [-0.25, -0.2) is 0 Å². The maximum atomic E-state index is 9.29. The number of hydrogen-bond acceptors (Lipinski definition) is 3. The molecule has 0 spiro atoms. The van der Waals surface area contributed by atoms with Gasteiger partial charge in [0, 0.05) is 17.1 Å². The summed E-state index contributed by atoms with van der Waals surface area (Å²) in [4.78, 5) is 0. The zero-order valence-electron chi connectivity index (χ0n) is 8.19. The number of nitrogens with two attached hydrogens (primary N) is 1. The molecule has 0 aliphatic carbocycles. The van der Waals surface area contributed by atoms with Crippen LogP contribution in [0, 0.1) is 0 Å². The fourth-order valence-electron chi connectivity index (χ4n) is 1.28. The Morgan fingerprint density at radius 1 is 1.40 bits per heavy atom. The van der Waals surface area contributed by atoms with E-state index in [1.54, 1.807) is 18.2 Å². The minimum absolute atomic E-state index is 0. The summed E-state index contributed by atoms with van der Waals surface area (Å²) >= 11 is 3.37. The lowest BCUT2D eigenvalue weighted by molar-refractivity contribution is 0.280. The number of phenolic OH excluding ortho intramolecular Hbond substituents is 1. The molecule has 1 atom stereocenters. The van der Waals surface area contributed by atoms with Crippen LogP contribution in [-0.4, -0.2) is 16.8 Å². The topological polar surface area (TPSA) is 66.5 Å². The Balaban J connectivity index is 0.00000196. The summed E-state index contributed by atoms with van der Waals surface area (Å²) in [5, 5.41) is 18.0. The smallest absolute Gasteiger partial charge is 0.115 e. The number of aliphatic hydroxyl groups is 1. The first-order valence-corrected chi connectivity index (χ1v) is 5.29. The molecule has 1 rings (SSSR count). The van der Waals surface area contributed by atoms with E-state index in [0.717, 1.165) is 10.0 Å². The van der Waals surface area contributed by atoms with E-state index in [9.17, 15) is 5.11 Å². The van der Waals surface area contributed by atoms with Crippen molar-refractivity contribution in [3.05, 3.63) is 28.2 Å². The van der Waals surface area contributed by atoms with Crippen molar-refractivity contribution < 1.29 is 10.2 Å². The van der Waals surface area contributed by atoms with Gasteiger partial charge in [-0.1, -0.05) is 15.9 Å². The van der Waals surface area contributed by atoms with Gasteiger partial charge in [0.25, 0.3) is 0 Å². The second kappa shape index (κ2) is 7.06. The zero-order chi connectivity index (χ0) is 10.6. The van der Waals surface area contributed by atoms with Gasteiger partial charge in [-0.15, -0.1) is 12.4 Å². The molecular formula is C10H15BrClNO2. The third kappa shape index (κ3) is 4.38. The number of halogens is 2. The minimum atomic E-state index is -0.149. The molecule has 5 heteroatoms. The van der Waals surface area contributed by atoms with E-state index >= 15 is 0 Å². The standard InChI is InChI=1S/C10H14BrNO2.ClH/c11-9-4-3-7(14)6-8(9)10(12)2-1-5-13;/h3-4,6,10,13-14H,1-2,5,12H2;1H/t10-;/m1./s1. The highest BCUT2D eigenvalue weighted by Crippen LogP contribution is 2.28. The fraction of sp³-hybridized carbons (Fsp3) is 0.400. The van der Waals surface area contributed by atoms with Gasteiger partial charge in [0.15, 0.2) is 0 Å². The number of aliphatic hydroxyl groups excluding tert-OH is 1. The van der Waals surface area contributed by atoms with Crippen molar-refractivity contribution in [1.29, 1.82) is 0 Å². The van der Waals surface area contributed by atoms with E-state index < -0.39 is 0 Å². The SMILES string of the molecule is Cl.N[C@H](CCCO)c1cc(O)ccc1Br. The normalized spacial score (nSPS) is 11.9. The number of phenols is 1. The largest absolute Gasteiger partial charge is 0.508 e. The van der Waals surface area contributed by atoms with Crippen LogP contribution in [-0.2, 0) is 0 Å². The van der Waals surface area contributed by atoms with Crippen LogP contribution in [0.5, 0.6) is 5.75 Å². The van der Waals surface area contributed by atoms with Crippen molar-refractivity contribution in [1.82, 2.24) is 0 Å². The highest BCUT2D eigenvalue weighted by molar-refractivity contribution is 9.10. The van der Waals surface area contributed by atoms with Gasteiger partial charge < -0.3 is 15.9 Å². The number of aromatic hydroxyl groups is 1. The van der Waals surface area contributed by atoms with Crippen molar-refractivity contribution in [2.75, 3.05) is 6.61 Å². The Labute approximate surface area is 104 Å². The molecule has 4 N–H and O–H groups in total. The second-order valence-corrected chi connectivity index (χ2v) is 4.03. The van der Waals surface area contributed by atoms with Crippen LogP contribution in [0.2, 0.25) is 0 Å². The zero-order valence-corrected chi connectivity index (χ0v) is 10.6. The van der Waals surface area contributed by atoms with Crippen LogP contribution in [0.15, 0.2) is 22.7 Å². The van der Waals surface area contributed by atoms with E-state index in [1.807, 2.05) is 0 Å². The van der Waals surface area contributed by atoms with Crippen molar-refractivity contribution >= 4 is 28.3 Å². The Kier molecular flexibility index (Phi) is 6.92. The molecule has 0 unspecified atom stereocenters. The number of hydrogen-bond donors (Lipinski definition) is 3. The Hall–Kier alpha value is -0.290. The molecule has 0 saturated carbocycles. The fourth-order valence-corrected chi connectivity index (χ4v) is 1.82. The predicted molar refractivity (Wildman–Crippen MR) is 66.3 cm³/mol. The lowest BCUT2D eigenvalue weighted by atomic mass is 10.0. The van der Waals surface area contributed by atoms with Crippen molar-refractivity contribution in [2.24, 2.45) is 5.73 Å². The molecule has 0 aromatic heterocycles. The Morgan fingerprint density at radius 2 is 2.07 bits per heavy atom. The first kappa shape index (κ1) is 14.7. The summed E-state index contributed by atoms with van der Waals surface area (Å²) in [5.74, 6) is 0.211. The van der Waals surface area contributed by atoms with Gasteiger partial charge in [0.2, 0.25) is 0 Å². The summed E-state index contributed by atoms with van der Waals surface area (Å²) in [6.45, 7) is 0.143. The summed E-state index contributed by atoms with van der Waals surface area (Å²) in [7, 11) is 0. The molecule has 0 bridgehead atoms. The maximum Gasteiger partial charge on any atom is 0.115 e. The van der Waals surface area contributed by atoms with Crippen LogP contribution in [0.4, 0.5) is 0 Å². The average Bonchev–Trinajstić information content (AvgIpc) is 2.18. The van der Waals surface area contributed by atoms with Crippen LogP contribution in [0.1, 0.15) is 24.4 Å². The lowest BCUT2D eigenvalue weighted by Crippen LogP contribution is -2.11. The van der Waals surface area contributed by atoms with E-state index in [2.05, 4.69) is 15.9 Å². The predicted octanol–water partition coefficient (Wildman–Crippen LogP) is 2.35. The summed E-state index contributed by atoms with van der Waals surface area (Å²) < 4.78 is 0.890. The third-order valence-electron chi connectivity index (χ3n) is 2.05. The maximum absolute atomic E-state index is 9.29. The molecule has 86 valence electrons. The highest BCUT2D eigenvalue weighted by atomic mass is 79.9. The van der Waals surface area contributed by atoms with Gasteiger partial charge in [-0.2, -0.15) is 0 Å². The van der Waals surface area contributed by atoms with Crippen molar-refractivity contribution in [3.63, 3.8) is 0 Å². The summed E-state index contributed by atoms with van der Waals surface area (Å²) in [5.41, 5.74) is 6.77. The number of benzene rings is 1. The molecule has 0 fully saturated rings. The molecule has 3 nitrogen and oxygen atoms in total. The summed E-state index contributed by atoms with van der Waals surface area (Å²) in [6.07, 6.45) is 1.38. The van der Waals surface area contributed by atoms with Gasteiger partial charge in [-0.05, 0) is 36.6 Å². The summed E-state index contributed by atoms with van der Waals surface area (Å²) in [6, 6.07) is 4.87. The van der Waals surface area contributed by atoms with E-state index in [0.29, 0.717) is 12.8 Å². The van der Waals surface area contributed by atoms with Crippen molar-refractivity contribution in [3.8, 4) is 5.75 Å². The van der Waals surface area contributed by atoms with E-state index in [-0.39, 0.29) is 30.8 Å². The first-order valence-electron chi connectivity index (χ1n) is 4.50. The van der Waals surface area contributed by atoms with Crippen LogP contribution < -0.4 is 5.73 Å². The number of rotatable bonds is 4. The molecule has 15 heavy (non-hydrogen) atoms. The molecule has 1 aromatic rings. The van der Waals surface area contributed by atoms with E-state index in [4.69, 9.17) is 10.8 Å². The van der Waals surface area contributed by atoms with Gasteiger partial charge in [0.1, 0.15) is 5.75 Å². The molecule has 0 aliphatic heterocycles. The molecular weight excluding hydrogens is 281 g/mol. The molecule has 1 aromatic carbocycles. The minimum Gasteiger partial charge on any atom is -0.508 e. The monoisotopic (exact) mass is 295 g/mol. The highest BCUT2D eigenvalue weighted by Gasteiger charge is 2.09. The van der Waals surface area contributed by atoms with E-state index in [1.165, 1.54) is 0 Å². The molecule has 0 saturated heterocycles. The Morgan fingerprint density at radius 3 is 2.67 bits per heavy atom. The van der Waals surface area contributed by atoms with Crippen LogP contribution >= 0.6 is 28.3 Å². The lowest BCUT2D eigenvalue weighted by Gasteiger charge is -2.13. The third-order valence-corrected chi connectivity index (χ3v) is 2.77. The second-order valence-electron chi connectivity index (χ2n) is 3.18. The average molecular weight is 297 g/mol. The first-order chi connectivity index (χ1) is 6.65. The quantitative estimate of drug-likeness (QED) is 0.799. The molecule has 0 aliphatic rings. The molecule has 0 heterocycles. The van der Waals surface area contributed by atoms with Crippen LogP contribution in [0.3, 0.4) is 0 Å². The molecule has 0 radical (unpaired) electrons. The molecule has 0 amide bonds. The van der Waals surface area contributed by atoms with Gasteiger partial charge in [-0.3, -0.25) is 0 Å². The van der Waals surface area contributed by atoms with Crippen molar-refractivity contribution in [2.45, 2.75) is 18.9 Å². The van der Waals surface area contributed by atoms with Gasteiger partial charge >= 0.3 is 0 Å². The Bertz CT molecular complexity index is 309. The van der Waals surface area contributed by atoms with Gasteiger partial charge in [0.05, 0.1) is 0 Å². The van der Waals surface area contributed by atoms with Crippen LogP contribution in [0.25, 0.3) is 0 Å².